The van der Waals surface area contributed by atoms with Crippen molar-refractivity contribution >= 4 is 16.8 Å². The third-order valence-electron chi connectivity index (χ3n) is 4.63. The van der Waals surface area contributed by atoms with Crippen molar-refractivity contribution in [1.29, 1.82) is 0 Å². The third kappa shape index (κ3) is 2.42. The molecule has 0 unspecified atom stereocenters. The Morgan fingerprint density at radius 2 is 2.22 bits per heavy atom. The molecule has 3 heterocycles. The number of carbonyl (C=O) groups is 1. The van der Waals surface area contributed by atoms with E-state index in [1.165, 1.54) is 5.56 Å². The minimum atomic E-state index is 0.0743. The first-order chi connectivity index (χ1) is 11.1. The van der Waals surface area contributed by atoms with Gasteiger partial charge in [0.05, 0.1) is 12.2 Å². The average Bonchev–Trinajstić information content (AvgIpc) is 3.23. The van der Waals surface area contributed by atoms with Crippen LogP contribution in [0.25, 0.3) is 10.9 Å². The van der Waals surface area contributed by atoms with E-state index in [1.54, 1.807) is 4.68 Å². The van der Waals surface area contributed by atoms with Gasteiger partial charge in [-0.15, -0.1) is 0 Å². The van der Waals surface area contributed by atoms with Crippen molar-refractivity contribution in [1.82, 2.24) is 19.7 Å². The highest BCUT2D eigenvalue weighted by Gasteiger charge is 2.32. The van der Waals surface area contributed by atoms with Gasteiger partial charge in [-0.3, -0.25) is 9.48 Å². The highest BCUT2D eigenvalue weighted by Crippen LogP contribution is 2.33. The molecule has 3 aromatic rings. The highest BCUT2D eigenvalue weighted by molar-refractivity contribution is 5.98. The van der Waals surface area contributed by atoms with Crippen LogP contribution in [0, 0.1) is 6.92 Å². The van der Waals surface area contributed by atoms with E-state index in [0.717, 1.165) is 35.9 Å². The number of aromatic amines is 1. The number of likely N-dealkylation sites (tertiary alicyclic amines) is 1. The molecule has 118 valence electrons. The zero-order chi connectivity index (χ0) is 16.0. The molecule has 4 rings (SSSR count). The van der Waals surface area contributed by atoms with E-state index in [2.05, 4.69) is 35.2 Å². The summed E-state index contributed by atoms with van der Waals surface area (Å²) in [5.74, 6) is 0.0743. The number of nitrogens with one attached hydrogen (secondary N) is 1. The van der Waals surface area contributed by atoms with Crippen molar-refractivity contribution in [3.05, 3.63) is 53.5 Å². The highest BCUT2D eigenvalue weighted by atomic mass is 16.2. The third-order valence-corrected chi connectivity index (χ3v) is 4.63. The Balaban J connectivity index is 1.66. The van der Waals surface area contributed by atoms with Gasteiger partial charge in [-0.25, -0.2) is 0 Å². The number of H-pyrrole nitrogens is 1. The average molecular weight is 308 g/mol. The van der Waals surface area contributed by atoms with Gasteiger partial charge in [-0.05, 0) is 37.5 Å². The molecule has 0 aliphatic carbocycles. The van der Waals surface area contributed by atoms with E-state index in [0.29, 0.717) is 5.69 Å². The van der Waals surface area contributed by atoms with Crippen LogP contribution >= 0.6 is 0 Å². The van der Waals surface area contributed by atoms with Gasteiger partial charge in [-0.2, -0.15) is 5.10 Å². The van der Waals surface area contributed by atoms with Crippen LogP contribution in [0.4, 0.5) is 0 Å². The zero-order valence-corrected chi connectivity index (χ0v) is 13.4. The molecule has 1 amide bonds. The topological polar surface area (TPSA) is 53.9 Å². The zero-order valence-electron chi connectivity index (χ0n) is 13.4. The summed E-state index contributed by atoms with van der Waals surface area (Å²) in [7, 11) is 1.91. The van der Waals surface area contributed by atoms with E-state index in [1.807, 2.05) is 30.4 Å². The number of carbonyl (C=O) groups excluding carboxylic acids is 1. The molecule has 5 heteroatoms. The van der Waals surface area contributed by atoms with Gasteiger partial charge in [0, 0.05) is 36.3 Å². The lowest BCUT2D eigenvalue weighted by molar-refractivity contribution is 0.0730. The minimum Gasteiger partial charge on any atom is -0.351 e. The van der Waals surface area contributed by atoms with Crippen molar-refractivity contribution in [3.8, 4) is 0 Å². The molecule has 1 aromatic carbocycles. The van der Waals surface area contributed by atoms with Gasteiger partial charge in [0.1, 0.15) is 5.69 Å². The number of rotatable bonds is 2. The molecule has 1 atom stereocenters. The molecule has 5 nitrogen and oxygen atoms in total. The summed E-state index contributed by atoms with van der Waals surface area (Å²) in [5.41, 5.74) is 3.99. The Bertz CT molecular complexity index is 876. The second-order valence-electron chi connectivity index (χ2n) is 6.38. The predicted molar refractivity (Wildman–Crippen MR) is 89.3 cm³/mol. The molecular weight excluding hydrogens is 288 g/mol. The Morgan fingerprint density at radius 1 is 1.35 bits per heavy atom. The maximum absolute atomic E-state index is 13.0. The predicted octanol–water partition coefficient (Wildman–Crippen LogP) is 3.19. The van der Waals surface area contributed by atoms with Crippen molar-refractivity contribution in [3.63, 3.8) is 0 Å². The summed E-state index contributed by atoms with van der Waals surface area (Å²) in [6.07, 6.45) is 5.90. The quantitative estimate of drug-likeness (QED) is 0.790. The van der Waals surface area contributed by atoms with Crippen LogP contribution in [0.1, 0.15) is 40.5 Å². The lowest BCUT2D eigenvalue weighted by atomic mass is 10.1. The second kappa shape index (κ2) is 5.26. The number of nitrogens with zero attached hydrogens (tertiary/aromatic N) is 3. The summed E-state index contributed by atoms with van der Waals surface area (Å²) in [5, 5.41) is 5.32. The van der Waals surface area contributed by atoms with Crippen molar-refractivity contribution in [2.75, 3.05) is 6.54 Å². The molecule has 0 radical (unpaired) electrons. The number of aromatic nitrogens is 3. The molecule has 1 saturated heterocycles. The van der Waals surface area contributed by atoms with Crippen molar-refractivity contribution in [2.45, 2.75) is 25.8 Å². The molecule has 1 N–H and O–H groups in total. The monoisotopic (exact) mass is 308 g/mol. The molecule has 0 saturated carbocycles. The lowest BCUT2D eigenvalue weighted by Gasteiger charge is -2.23. The van der Waals surface area contributed by atoms with Crippen LogP contribution in [-0.4, -0.2) is 32.1 Å². The van der Waals surface area contributed by atoms with Gasteiger partial charge in [0.25, 0.3) is 5.91 Å². The number of aryl methyl sites for hydroxylation is 2. The fourth-order valence-electron chi connectivity index (χ4n) is 3.48. The SMILES string of the molecule is Cc1ccc2cc(C(=O)N3CCC[C@H]3c3cnn(C)c3)[nH]c2c1. The Labute approximate surface area is 134 Å². The van der Waals surface area contributed by atoms with Gasteiger partial charge in [0.2, 0.25) is 0 Å². The molecule has 1 aliphatic rings. The fourth-order valence-corrected chi connectivity index (χ4v) is 3.48. The number of fused-ring (bicyclic) bond motifs is 1. The number of amides is 1. The second-order valence-corrected chi connectivity index (χ2v) is 6.38. The molecule has 1 aliphatic heterocycles. The maximum Gasteiger partial charge on any atom is 0.270 e. The maximum atomic E-state index is 13.0. The largest absolute Gasteiger partial charge is 0.351 e. The summed E-state index contributed by atoms with van der Waals surface area (Å²) < 4.78 is 1.79. The first-order valence-electron chi connectivity index (χ1n) is 8.01. The number of benzene rings is 1. The van der Waals surface area contributed by atoms with Gasteiger partial charge in [-0.1, -0.05) is 12.1 Å². The van der Waals surface area contributed by atoms with Crippen LogP contribution in [0.3, 0.4) is 0 Å². The van der Waals surface area contributed by atoms with E-state index < -0.39 is 0 Å². The van der Waals surface area contributed by atoms with Crippen LogP contribution in [0.2, 0.25) is 0 Å². The summed E-state index contributed by atoms with van der Waals surface area (Å²) in [6.45, 7) is 2.85. The van der Waals surface area contributed by atoms with Crippen LogP contribution in [-0.2, 0) is 7.05 Å². The van der Waals surface area contributed by atoms with E-state index in [9.17, 15) is 4.79 Å². The normalized spacial score (nSPS) is 18.0. The van der Waals surface area contributed by atoms with Crippen LogP contribution in [0.5, 0.6) is 0 Å². The van der Waals surface area contributed by atoms with E-state index >= 15 is 0 Å². The number of hydrogen-bond acceptors (Lipinski definition) is 2. The standard InChI is InChI=1S/C18H20N4O/c1-12-5-6-13-9-16(20-15(13)8-12)18(23)22-7-3-4-17(22)14-10-19-21(2)11-14/h5-6,8-11,17,20H,3-4,7H2,1-2H3/t17-/m0/s1. The smallest absolute Gasteiger partial charge is 0.270 e. The lowest BCUT2D eigenvalue weighted by Crippen LogP contribution is -2.30. The first kappa shape index (κ1) is 14.1. The molecule has 0 bridgehead atoms. The molecule has 2 aromatic heterocycles. The van der Waals surface area contributed by atoms with Gasteiger partial charge >= 0.3 is 0 Å². The van der Waals surface area contributed by atoms with Crippen molar-refractivity contribution < 1.29 is 4.79 Å². The summed E-state index contributed by atoms with van der Waals surface area (Å²) >= 11 is 0. The molecule has 1 fully saturated rings. The van der Waals surface area contributed by atoms with E-state index in [4.69, 9.17) is 0 Å². The Hall–Kier alpha value is -2.56. The summed E-state index contributed by atoms with van der Waals surface area (Å²) in [6, 6.07) is 8.29. The van der Waals surface area contributed by atoms with E-state index in [-0.39, 0.29) is 11.9 Å². The Morgan fingerprint density at radius 3 is 3.00 bits per heavy atom. The fraction of sp³-hybridized carbons (Fsp3) is 0.333. The molecule has 0 spiro atoms. The number of hydrogen-bond donors (Lipinski definition) is 1. The van der Waals surface area contributed by atoms with Crippen LogP contribution < -0.4 is 0 Å². The first-order valence-corrected chi connectivity index (χ1v) is 8.01. The van der Waals surface area contributed by atoms with Crippen molar-refractivity contribution in [2.24, 2.45) is 7.05 Å². The molecular formula is C18H20N4O. The minimum absolute atomic E-state index is 0.0743. The Kier molecular flexibility index (Phi) is 3.22. The van der Waals surface area contributed by atoms with Gasteiger partial charge < -0.3 is 9.88 Å². The molecule has 23 heavy (non-hydrogen) atoms. The van der Waals surface area contributed by atoms with Gasteiger partial charge in [0.15, 0.2) is 0 Å². The van der Waals surface area contributed by atoms with Crippen LogP contribution in [0.15, 0.2) is 36.7 Å². The summed E-state index contributed by atoms with van der Waals surface area (Å²) in [4.78, 5) is 18.2.